The number of carbonyl (C=O) groups is 2. The SMILES string of the molecule is O=[C-]NCCN(CC(=O)O)C(=O)CCn1cccnc1=O.[Fm]. The van der Waals surface area contributed by atoms with Gasteiger partial charge in [-0.1, -0.05) is 0 Å². The molecule has 0 spiro atoms. The van der Waals surface area contributed by atoms with Crippen molar-refractivity contribution in [1.82, 2.24) is 19.8 Å². The number of rotatable bonds is 9. The fourth-order valence-corrected chi connectivity index (χ4v) is 1.63. The molecule has 1 heterocycles. The van der Waals surface area contributed by atoms with Gasteiger partial charge in [-0.25, -0.2) is 9.78 Å². The third-order valence-corrected chi connectivity index (χ3v) is 2.61. The Balaban J connectivity index is 0.00000441. The number of aromatic nitrogens is 2. The topological polar surface area (TPSA) is 122 Å². The number of nitrogens with one attached hydrogen (secondary N) is 1. The first-order valence-electron chi connectivity index (χ1n) is 6.15. The Kier molecular flexibility index (Phi) is 7.68. The Bertz CT molecular complexity index is 562. The molecule has 0 fully saturated rings. The molecule has 10 heteroatoms. The molecule has 0 unspecified atom stereocenters. The van der Waals surface area contributed by atoms with Gasteiger partial charge in [0.2, 0.25) is 5.91 Å². The zero-order valence-corrected chi connectivity index (χ0v) is 13.9. The van der Waals surface area contributed by atoms with Gasteiger partial charge < -0.3 is 20.1 Å². The quantitative estimate of drug-likeness (QED) is 0.212. The normalized spacial score (nSPS) is 9.45. The Morgan fingerprint density at radius 1 is 1.45 bits per heavy atom. The minimum absolute atomic E-state index is 0. The van der Waals surface area contributed by atoms with Crippen LogP contribution in [0.2, 0.25) is 0 Å². The predicted molar refractivity (Wildman–Crippen MR) is 71.0 cm³/mol. The summed E-state index contributed by atoms with van der Waals surface area (Å²) in [4.78, 5) is 48.7. The molecule has 2 N–H and O–H groups in total. The molecular formula is C12H15FmN4O5-. The molecule has 2 amide bonds. The van der Waals surface area contributed by atoms with Crippen molar-refractivity contribution < 1.29 is 19.5 Å². The summed E-state index contributed by atoms with van der Waals surface area (Å²) in [5.74, 6) is -1.59. The van der Waals surface area contributed by atoms with Gasteiger partial charge in [0.15, 0.2) is 0 Å². The number of amides is 2. The van der Waals surface area contributed by atoms with E-state index in [0.29, 0.717) is 0 Å². The van der Waals surface area contributed by atoms with Crippen LogP contribution in [0.3, 0.4) is 0 Å². The molecule has 0 saturated heterocycles. The van der Waals surface area contributed by atoms with Crippen LogP contribution < -0.4 is 11.0 Å². The molecule has 0 saturated carbocycles. The number of carboxylic acid groups (broad SMARTS) is 1. The maximum absolute atomic E-state index is 12.0. The number of hydrogen-bond acceptors (Lipinski definition) is 5. The van der Waals surface area contributed by atoms with Crippen LogP contribution in [0.25, 0.3) is 0 Å². The van der Waals surface area contributed by atoms with Gasteiger partial charge in [-0.05, 0) is 6.07 Å². The first-order valence-corrected chi connectivity index (χ1v) is 6.15. The molecule has 0 aliphatic rings. The van der Waals surface area contributed by atoms with Crippen molar-refractivity contribution >= 4 is 18.3 Å². The summed E-state index contributed by atoms with van der Waals surface area (Å²) in [6.45, 7) is -0.201. The van der Waals surface area contributed by atoms with Crippen LogP contribution >= 0.6 is 0 Å². The number of aliphatic carboxylic acids is 1. The first-order chi connectivity index (χ1) is 10.0. The maximum atomic E-state index is 12.0. The molecule has 0 bridgehead atoms. The molecule has 1 aromatic heterocycles. The zero-order valence-electron chi connectivity index (χ0n) is 11.5. The fraction of sp³-hybridized carbons (Fsp3) is 0.417. The van der Waals surface area contributed by atoms with E-state index in [9.17, 15) is 19.2 Å². The van der Waals surface area contributed by atoms with Gasteiger partial charge in [-0.15, -0.1) is 0 Å². The van der Waals surface area contributed by atoms with Gasteiger partial charge in [-0.3, -0.25) is 14.2 Å². The molecule has 22 heavy (non-hydrogen) atoms. The Hall–Kier alpha value is -3.71. The smallest absolute Gasteiger partial charge is 0.347 e. The van der Waals surface area contributed by atoms with E-state index in [0.717, 1.165) is 4.90 Å². The molecule has 9 nitrogen and oxygen atoms in total. The Morgan fingerprint density at radius 2 is 2.18 bits per heavy atom. The second kappa shape index (κ2) is 9.23. The van der Waals surface area contributed by atoms with Gasteiger partial charge in [0, 0.05) is 38.4 Å². The third-order valence-electron chi connectivity index (χ3n) is 2.61. The first kappa shape index (κ1) is 18.3. The van der Waals surface area contributed by atoms with Crippen molar-refractivity contribution in [3.63, 3.8) is 0 Å². The summed E-state index contributed by atoms with van der Waals surface area (Å²) in [6.07, 6.45) is 4.24. The van der Waals surface area contributed by atoms with Gasteiger partial charge in [-0.2, -0.15) is 6.41 Å². The van der Waals surface area contributed by atoms with Gasteiger partial charge in [0.25, 0.3) is 0 Å². The molecule has 0 aliphatic carbocycles. The van der Waals surface area contributed by atoms with E-state index >= 15 is 0 Å². The Labute approximate surface area is 120 Å². The molecule has 1 rings (SSSR count). The van der Waals surface area contributed by atoms with E-state index in [-0.39, 0.29) is 26.1 Å². The average molecular weight is 552 g/mol. The van der Waals surface area contributed by atoms with Gasteiger partial charge >= 0.3 is 11.7 Å². The minimum atomic E-state index is -1.16. The van der Waals surface area contributed by atoms with Crippen LogP contribution in [0.1, 0.15) is 6.42 Å². The molecule has 1 aromatic rings. The molecule has 0 radical (unpaired) electrons. The van der Waals surface area contributed by atoms with E-state index in [1.165, 1.54) is 23.4 Å². The molecule has 126 valence electrons. The Morgan fingerprint density at radius 3 is 2.77 bits per heavy atom. The van der Waals surface area contributed by atoms with Crippen LogP contribution in [-0.2, 0) is 20.9 Å². The van der Waals surface area contributed by atoms with Crippen LogP contribution in [0.4, 0.5) is 0 Å². The van der Waals surface area contributed by atoms with Crippen LogP contribution in [0, 0.1) is 0 Å². The maximum Gasteiger partial charge on any atom is 0.347 e. The summed E-state index contributed by atoms with van der Waals surface area (Å²) in [7, 11) is 0. The third kappa shape index (κ3) is 5.95. The van der Waals surface area contributed by atoms with Gasteiger partial charge in [0.1, 0.15) is 6.54 Å². The van der Waals surface area contributed by atoms with Crippen molar-refractivity contribution in [2.75, 3.05) is 19.6 Å². The van der Waals surface area contributed by atoms with Crippen molar-refractivity contribution in [1.29, 1.82) is 0 Å². The standard InChI is InChI=1S/C12H15N4O5.Fm/c17-9-13-4-7-16(8-11(19)20)10(18)2-6-15-5-1-3-14-12(15)21;/h1,3,5H,2,4,6-8H2,(H,13,17)(H,19,20);/q-1;. The van der Waals surface area contributed by atoms with Crippen LogP contribution in [-0.4, -0.2) is 57.5 Å². The number of aryl methyl sites for hydroxylation is 1. The summed E-state index contributed by atoms with van der Waals surface area (Å²) < 4.78 is 1.26. The average Bonchev–Trinajstić information content (AvgIpc) is 2.45. The second-order valence-corrected chi connectivity index (χ2v) is 4.08. The van der Waals surface area contributed by atoms with Crippen molar-refractivity contribution in [2.45, 2.75) is 13.0 Å². The minimum Gasteiger partial charge on any atom is -0.528 e. The van der Waals surface area contributed by atoms with E-state index < -0.39 is 24.1 Å². The van der Waals surface area contributed by atoms with E-state index in [2.05, 4.69) is 10.3 Å². The summed E-state index contributed by atoms with van der Waals surface area (Å²) in [5, 5.41) is 11.0. The van der Waals surface area contributed by atoms with E-state index in [1.54, 1.807) is 6.07 Å². The molecular weight excluding hydrogens is 537 g/mol. The largest absolute Gasteiger partial charge is 0.528 e. The molecule has 0 atom stereocenters. The monoisotopic (exact) mass is 552 g/mol. The zero-order chi connectivity index (χ0) is 15.7. The van der Waals surface area contributed by atoms with Crippen LogP contribution in [0.15, 0.2) is 23.3 Å². The van der Waals surface area contributed by atoms with E-state index in [1.807, 2.05) is 0 Å². The summed E-state index contributed by atoms with van der Waals surface area (Å²) >= 11 is 0. The number of carbonyl (C=O) groups excluding carboxylic acids is 2. The van der Waals surface area contributed by atoms with E-state index in [4.69, 9.17) is 5.11 Å². The predicted octanol–water partition coefficient (Wildman–Crippen LogP) is -1.80. The summed E-state index contributed by atoms with van der Waals surface area (Å²) in [5.41, 5.74) is -0.479. The number of carboxylic acids is 1. The van der Waals surface area contributed by atoms with Crippen molar-refractivity contribution in [3.05, 3.63) is 28.9 Å². The molecule has 0 aromatic carbocycles. The molecule has 0 aliphatic heterocycles. The van der Waals surface area contributed by atoms with Gasteiger partial charge in [0.05, 0.1) is 0 Å². The van der Waals surface area contributed by atoms with Crippen LogP contribution in [0.5, 0.6) is 0 Å². The fourth-order valence-electron chi connectivity index (χ4n) is 1.63. The number of hydrogen-bond donors (Lipinski definition) is 2. The number of nitrogens with zero attached hydrogens (tertiary/aromatic N) is 3. The van der Waals surface area contributed by atoms with Crippen molar-refractivity contribution in [2.24, 2.45) is 0 Å². The summed E-state index contributed by atoms with van der Waals surface area (Å²) in [6, 6.07) is 1.56. The second-order valence-electron chi connectivity index (χ2n) is 4.08. The van der Waals surface area contributed by atoms with Crippen molar-refractivity contribution in [3.8, 4) is 0 Å².